The van der Waals surface area contributed by atoms with E-state index in [4.69, 9.17) is 0 Å². The number of para-hydroxylation sites is 1. The fourth-order valence-corrected chi connectivity index (χ4v) is 1.82. The molecule has 0 fully saturated rings. The van der Waals surface area contributed by atoms with Gasteiger partial charge in [-0.2, -0.15) is 5.10 Å². The van der Waals surface area contributed by atoms with E-state index in [1.54, 1.807) is 12.4 Å². The molecule has 3 rings (SSSR count). The summed E-state index contributed by atoms with van der Waals surface area (Å²) in [7, 11) is 0. The van der Waals surface area contributed by atoms with Gasteiger partial charge >= 0.3 is 0 Å². The van der Waals surface area contributed by atoms with E-state index in [1.807, 2.05) is 53.3 Å². The Morgan fingerprint density at radius 1 is 0.824 bits per heavy atom. The molecular weight excluding hydrogens is 210 g/mol. The first kappa shape index (κ1) is 9.78. The fourth-order valence-electron chi connectivity index (χ4n) is 1.82. The molecule has 3 heteroatoms. The number of pyridine rings is 1. The van der Waals surface area contributed by atoms with Crippen molar-refractivity contribution in [2.24, 2.45) is 0 Å². The second-order valence-electron chi connectivity index (χ2n) is 3.68. The predicted molar refractivity (Wildman–Crippen MR) is 66.8 cm³/mol. The van der Waals surface area contributed by atoms with Crippen LogP contribution in [0.5, 0.6) is 0 Å². The van der Waals surface area contributed by atoms with Gasteiger partial charge in [0, 0.05) is 24.2 Å². The standard InChI is InChI=1S/C14H11N3/c1-2-8-14(17-11-5-10-16-17)12(6-1)13-7-3-4-9-15-13/h1-11H. The first-order valence-corrected chi connectivity index (χ1v) is 5.45. The Kier molecular flexibility index (Phi) is 2.43. The Labute approximate surface area is 99.4 Å². The molecular formula is C14H11N3. The molecule has 0 saturated carbocycles. The Balaban J connectivity index is 2.18. The zero-order chi connectivity index (χ0) is 11.5. The molecule has 17 heavy (non-hydrogen) atoms. The van der Waals surface area contributed by atoms with E-state index in [-0.39, 0.29) is 0 Å². The smallest absolute Gasteiger partial charge is 0.0739 e. The molecule has 0 radical (unpaired) electrons. The normalized spacial score (nSPS) is 10.4. The van der Waals surface area contributed by atoms with Gasteiger partial charge in [-0.3, -0.25) is 4.98 Å². The summed E-state index contributed by atoms with van der Waals surface area (Å²) in [5.41, 5.74) is 3.08. The first-order valence-electron chi connectivity index (χ1n) is 5.45. The van der Waals surface area contributed by atoms with Gasteiger partial charge in [0.2, 0.25) is 0 Å². The van der Waals surface area contributed by atoms with Gasteiger partial charge in [-0.15, -0.1) is 0 Å². The van der Waals surface area contributed by atoms with Gasteiger partial charge in [-0.1, -0.05) is 24.3 Å². The minimum absolute atomic E-state index is 0.957. The topological polar surface area (TPSA) is 30.7 Å². The van der Waals surface area contributed by atoms with E-state index in [9.17, 15) is 0 Å². The first-order chi connectivity index (χ1) is 8.45. The highest BCUT2D eigenvalue weighted by molar-refractivity contribution is 5.69. The molecule has 0 atom stereocenters. The number of hydrogen-bond donors (Lipinski definition) is 0. The lowest BCUT2D eigenvalue weighted by Crippen LogP contribution is -1.97. The summed E-state index contributed by atoms with van der Waals surface area (Å²) in [5, 5.41) is 4.26. The van der Waals surface area contributed by atoms with Gasteiger partial charge in [0.05, 0.1) is 11.4 Å². The molecule has 0 saturated heterocycles. The van der Waals surface area contributed by atoms with Gasteiger partial charge < -0.3 is 0 Å². The van der Waals surface area contributed by atoms with Crippen LogP contribution in [0.1, 0.15) is 0 Å². The van der Waals surface area contributed by atoms with E-state index >= 15 is 0 Å². The quantitative estimate of drug-likeness (QED) is 0.666. The summed E-state index contributed by atoms with van der Waals surface area (Å²) in [6.07, 6.45) is 5.51. The van der Waals surface area contributed by atoms with Crippen LogP contribution >= 0.6 is 0 Å². The Bertz CT molecular complexity index is 600. The van der Waals surface area contributed by atoms with Crippen LogP contribution in [0.3, 0.4) is 0 Å². The van der Waals surface area contributed by atoms with E-state index in [0.29, 0.717) is 0 Å². The highest BCUT2D eigenvalue weighted by Gasteiger charge is 2.06. The van der Waals surface area contributed by atoms with Crippen LogP contribution < -0.4 is 0 Å². The van der Waals surface area contributed by atoms with Crippen LogP contribution in [0.4, 0.5) is 0 Å². The van der Waals surface area contributed by atoms with Crippen LogP contribution in [0.2, 0.25) is 0 Å². The average Bonchev–Trinajstić information content (AvgIpc) is 2.94. The van der Waals surface area contributed by atoms with Crippen molar-refractivity contribution in [1.29, 1.82) is 0 Å². The molecule has 0 aliphatic heterocycles. The summed E-state index contributed by atoms with van der Waals surface area (Å²) in [6, 6.07) is 15.9. The maximum Gasteiger partial charge on any atom is 0.0739 e. The summed E-state index contributed by atoms with van der Waals surface area (Å²) in [5.74, 6) is 0. The summed E-state index contributed by atoms with van der Waals surface area (Å²) in [4.78, 5) is 4.38. The highest BCUT2D eigenvalue weighted by Crippen LogP contribution is 2.23. The molecule has 2 aromatic heterocycles. The van der Waals surface area contributed by atoms with Gasteiger partial charge in [0.25, 0.3) is 0 Å². The van der Waals surface area contributed by atoms with Crippen molar-refractivity contribution >= 4 is 0 Å². The second-order valence-corrected chi connectivity index (χ2v) is 3.68. The third-order valence-corrected chi connectivity index (χ3v) is 2.60. The Hall–Kier alpha value is -2.42. The van der Waals surface area contributed by atoms with Gasteiger partial charge in [0.15, 0.2) is 0 Å². The Morgan fingerprint density at radius 2 is 1.71 bits per heavy atom. The van der Waals surface area contributed by atoms with Crippen molar-refractivity contribution in [2.45, 2.75) is 0 Å². The van der Waals surface area contributed by atoms with Crippen molar-refractivity contribution < 1.29 is 0 Å². The van der Waals surface area contributed by atoms with E-state index in [0.717, 1.165) is 16.9 Å². The number of benzene rings is 1. The van der Waals surface area contributed by atoms with Crippen LogP contribution in [0, 0.1) is 0 Å². The zero-order valence-corrected chi connectivity index (χ0v) is 9.19. The van der Waals surface area contributed by atoms with Crippen molar-refractivity contribution in [3.63, 3.8) is 0 Å². The molecule has 0 unspecified atom stereocenters. The maximum atomic E-state index is 4.38. The molecule has 3 aromatic rings. The molecule has 0 spiro atoms. The molecule has 0 aliphatic carbocycles. The molecule has 82 valence electrons. The summed E-state index contributed by atoms with van der Waals surface area (Å²) in [6.45, 7) is 0. The number of hydrogen-bond acceptors (Lipinski definition) is 2. The second kappa shape index (κ2) is 4.22. The van der Waals surface area contributed by atoms with Gasteiger partial charge in [0.1, 0.15) is 0 Å². The van der Waals surface area contributed by atoms with Crippen LogP contribution in [0.15, 0.2) is 67.1 Å². The number of rotatable bonds is 2. The summed E-state index contributed by atoms with van der Waals surface area (Å²) >= 11 is 0. The number of aromatic nitrogens is 3. The molecule has 0 N–H and O–H groups in total. The van der Waals surface area contributed by atoms with Crippen LogP contribution in [-0.4, -0.2) is 14.8 Å². The summed E-state index contributed by atoms with van der Waals surface area (Å²) < 4.78 is 1.85. The van der Waals surface area contributed by atoms with Crippen LogP contribution in [-0.2, 0) is 0 Å². The van der Waals surface area contributed by atoms with Crippen molar-refractivity contribution in [3.8, 4) is 16.9 Å². The highest BCUT2D eigenvalue weighted by atomic mass is 15.3. The lowest BCUT2D eigenvalue weighted by Gasteiger charge is -2.08. The van der Waals surface area contributed by atoms with E-state index in [2.05, 4.69) is 16.1 Å². The van der Waals surface area contributed by atoms with Crippen LogP contribution in [0.25, 0.3) is 16.9 Å². The van der Waals surface area contributed by atoms with Crippen molar-refractivity contribution in [2.75, 3.05) is 0 Å². The average molecular weight is 221 g/mol. The molecule has 2 heterocycles. The zero-order valence-electron chi connectivity index (χ0n) is 9.19. The minimum atomic E-state index is 0.957. The molecule has 3 nitrogen and oxygen atoms in total. The lowest BCUT2D eigenvalue weighted by molar-refractivity contribution is 0.881. The molecule has 0 bridgehead atoms. The SMILES string of the molecule is c1ccc(-c2ccccc2-n2cccn2)nc1. The Morgan fingerprint density at radius 3 is 2.47 bits per heavy atom. The third kappa shape index (κ3) is 1.83. The van der Waals surface area contributed by atoms with E-state index < -0.39 is 0 Å². The van der Waals surface area contributed by atoms with Crippen molar-refractivity contribution in [3.05, 3.63) is 67.1 Å². The van der Waals surface area contributed by atoms with Crippen molar-refractivity contribution in [1.82, 2.24) is 14.8 Å². The molecule has 0 aliphatic rings. The molecule has 1 aromatic carbocycles. The van der Waals surface area contributed by atoms with Gasteiger partial charge in [-0.25, -0.2) is 4.68 Å². The lowest BCUT2D eigenvalue weighted by atomic mass is 10.1. The van der Waals surface area contributed by atoms with Gasteiger partial charge in [-0.05, 0) is 24.3 Å². The molecule has 0 amide bonds. The largest absolute Gasteiger partial charge is 0.256 e. The fraction of sp³-hybridized carbons (Fsp3) is 0. The monoisotopic (exact) mass is 221 g/mol. The minimum Gasteiger partial charge on any atom is -0.256 e. The third-order valence-electron chi connectivity index (χ3n) is 2.60. The predicted octanol–water partition coefficient (Wildman–Crippen LogP) is 2.93. The number of nitrogens with zero attached hydrogens (tertiary/aromatic N) is 3. The maximum absolute atomic E-state index is 4.38. The van der Waals surface area contributed by atoms with E-state index in [1.165, 1.54) is 0 Å².